The van der Waals surface area contributed by atoms with Crippen LogP contribution in [0.3, 0.4) is 0 Å². The van der Waals surface area contributed by atoms with E-state index >= 15 is 0 Å². The molecule has 122 valence electrons. The van der Waals surface area contributed by atoms with Crippen molar-refractivity contribution in [2.24, 2.45) is 5.92 Å². The summed E-state index contributed by atoms with van der Waals surface area (Å²) < 4.78 is 27.3. The van der Waals surface area contributed by atoms with Crippen molar-refractivity contribution in [3.8, 4) is 0 Å². The van der Waals surface area contributed by atoms with Crippen LogP contribution < -0.4 is 0 Å². The number of hydrogen-bond acceptors (Lipinski definition) is 4. The number of hydrogen-bond donors (Lipinski definition) is 1. The second-order valence-electron chi connectivity index (χ2n) is 6.28. The van der Waals surface area contributed by atoms with Crippen LogP contribution in [-0.2, 0) is 15.5 Å². The molecule has 0 saturated heterocycles. The molecule has 0 bridgehead atoms. The molecule has 0 aliphatic heterocycles. The van der Waals surface area contributed by atoms with E-state index in [-0.39, 0.29) is 5.92 Å². The SMILES string of the molecule is CC1=CCC(O)(C(C)C(OS(=O)[O-])c2ccc(C)cc2)CC1. The number of allylic oxidation sites excluding steroid dienone is 1. The standard InChI is InChI=1S/C17H24O4S/c1-12-4-6-15(7-5-12)16(21-22(19)20)14(3)17(18)10-8-13(2)9-11-17/h4-8,14,16,18H,9-11H2,1-3H3,(H,19,20)/p-1. The maximum Gasteiger partial charge on any atom is 0.104 e. The Kier molecular flexibility index (Phi) is 5.55. The summed E-state index contributed by atoms with van der Waals surface area (Å²) in [5.41, 5.74) is 2.17. The molecule has 1 aromatic carbocycles. The van der Waals surface area contributed by atoms with Crippen LogP contribution in [0.4, 0.5) is 0 Å². The molecular weight excluding hydrogens is 300 g/mol. The lowest BCUT2D eigenvalue weighted by molar-refractivity contribution is -0.0631. The minimum atomic E-state index is -2.63. The highest BCUT2D eigenvalue weighted by molar-refractivity contribution is 7.74. The molecule has 0 radical (unpaired) electrons. The normalized spacial score (nSPS) is 26.1. The zero-order valence-electron chi connectivity index (χ0n) is 13.2. The van der Waals surface area contributed by atoms with Crippen LogP contribution in [-0.4, -0.2) is 19.5 Å². The lowest BCUT2D eigenvalue weighted by Gasteiger charge is -2.40. The van der Waals surface area contributed by atoms with Crippen LogP contribution in [0.25, 0.3) is 0 Å². The lowest BCUT2D eigenvalue weighted by atomic mass is 9.74. The smallest absolute Gasteiger partial charge is 0.104 e. The van der Waals surface area contributed by atoms with Crippen molar-refractivity contribution in [3.63, 3.8) is 0 Å². The Labute approximate surface area is 134 Å². The Morgan fingerprint density at radius 1 is 1.32 bits per heavy atom. The molecule has 1 N–H and O–H groups in total. The molecule has 1 aliphatic rings. The summed E-state index contributed by atoms with van der Waals surface area (Å²) in [4.78, 5) is 0. The molecule has 22 heavy (non-hydrogen) atoms. The van der Waals surface area contributed by atoms with E-state index in [4.69, 9.17) is 4.18 Å². The second-order valence-corrected chi connectivity index (χ2v) is 6.88. The van der Waals surface area contributed by atoms with Gasteiger partial charge in [0.05, 0.1) is 17.0 Å². The van der Waals surface area contributed by atoms with Crippen molar-refractivity contribution in [1.82, 2.24) is 0 Å². The van der Waals surface area contributed by atoms with Crippen molar-refractivity contribution >= 4 is 11.4 Å². The molecule has 0 heterocycles. The van der Waals surface area contributed by atoms with Gasteiger partial charge in [0.25, 0.3) is 0 Å². The summed E-state index contributed by atoms with van der Waals surface area (Å²) in [6, 6.07) is 7.55. The Morgan fingerprint density at radius 2 is 1.95 bits per heavy atom. The first-order valence-corrected chi connectivity index (χ1v) is 8.53. The predicted molar refractivity (Wildman–Crippen MR) is 85.6 cm³/mol. The van der Waals surface area contributed by atoms with Gasteiger partial charge >= 0.3 is 0 Å². The van der Waals surface area contributed by atoms with Gasteiger partial charge in [0.15, 0.2) is 0 Å². The first-order chi connectivity index (χ1) is 10.3. The average molecular weight is 323 g/mol. The summed E-state index contributed by atoms with van der Waals surface area (Å²) in [6.45, 7) is 5.87. The first kappa shape index (κ1) is 17.3. The van der Waals surface area contributed by atoms with Crippen LogP contribution in [0.2, 0.25) is 0 Å². The van der Waals surface area contributed by atoms with E-state index in [1.165, 1.54) is 5.57 Å². The molecule has 4 unspecified atom stereocenters. The molecule has 2 rings (SSSR count). The molecule has 0 spiro atoms. The van der Waals surface area contributed by atoms with Gasteiger partial charge in [0, 0.05) is 5.92 Å². The van der Waals surface area contributed by atoms with Gasteiger partial charge in [0.1, 0.15) is 6.10 Å². The fraction of sp³-hybridized carbons (Fsp3) is 0.529. The van der Waals surface area contributed by atoms with Crippen molar-refractivity contribution in [1.29, 1.82) is 0 Å². The first-order valence-electron chi connectivity index (χ1n) is 7.53. The Morgan fingerprint density at radius 3 is 2.45 bits per heavy atom. The van der Waals surface area contributed by atoms with Gasteiger partial charge in [-0.25, -0.2) is 4.21 Å². The Bertz CT molecular complexity index is 567. The van der Waals surface area contributed by atoms with Crippen molar-refractivity contribution < 1.29 is 18.1 Å². The summed E-state index contributed by atoms with van der Waals surface area (Å²) in [5.74, 6) is -0.336. The van der Waals surface area contributed by atoms with Gasteiger partial charge in [-0.3, -0.25) is 4.18 Å². The van der Waals surface area contributed by atoms with E-state index in [1.807, 2.05) is 51.1 Å². The fourth-order valence-corrected chi connectivity index (χ4v) is 3.38. The highest BCUT2D eigenvalue weighted by Gasteiger charge is 2.40. The molecule has 5 heteroatoms. The van der Waals surface area contributed by atoms with Gasteiger partial charge in [-0.2, -0.15) is 0 Å². The third-order valence-electron chi connectivity index (χ3n) is 4.65. The van der Waals surface area contributed by atoms with Crippen LogP contribution in [0, 0.1) is 12.8 Å². The van der Waals surface area contributed by atoms with E-state index < -0.39 is 23.1 Å². The number of rotatable bonds is 5. The van der Waals surface area contributed by atoms with Crippen molar-refractivity contribution in [2.45, 2.75) is 51.7 Å². The highest BCUT2D eigenvalue weighted by Crippen LogP contribution is 2.41. The third-order valence-corrected chi connectivity index (χ3v) is 5.01. The van der Waals surface area contributed by atoms with Gasteiger partial charge < -0.3 is 9.66 Å². The summed E-state index contributed by atoms with van der Waals surface area (Å²) >= 11 is -2.63. The quantitative estimate of drug-likeness (QED) is 0.666. The van der Waals surface area contributed by atoms with Crippen molar-refractivity contribution in [3.05, 3.63) is 47.0 Å². The molecule has 4 nitrogen and oxygen atoms in total. The predicted octanol–water partition coefficient (Wildman–Crippen LogP) is 3.34. The zero-order valence-corrected chi connectivity index (χ0v) is 14.1. The second kappa shape index (κ2) is 7.04. The van der Waals surface area contributed by atoms with E-state index in [1.54, 1.807) is 0 Å². The number of aliphatic hydroxyl groups is 1. The van der Waals surface area contributed by atoms with Crippen molar-refractivity contribution in [2.75, 3.05) is 0 Å². The fourth-order valence-electron chi connectivity index (χ4n) is 2.93. The van der Waals surface area contributed by atoms with E-state index in [9.17, 15) is 13.9 Å². The van der Waals surface area contributed by atoms with Crippen LogP contribution >= 0.6 is 0 Å². The maximum absolute atomic E-state index is 11.1. The molecule has 0 aromatic heterocycles. The van der Waals surface area contributed by atoms with Gasteiger partial charge in [-0.05, 0) is 38.7 Å². The van der Waals surface area contributed by atoms with Crippen LogP contribution in [0.5, 0.6) is 0 Å². The minimum absolute atomic E-state index is 0.336. The Balaban J connectivity index is 2.28. The monoisotopic (exact) mass is 323 g/mol. The largest absolute Gasteiger partial charge is 0.750 e. The van der Waals surface area contributed by atoms with Crippen LogP contribution in [0.1, 0.15) is 50.3 Å². The summed E-state index contributed by atoms with van der Waals surface area (Å²) in [6.07, 6.45) is 3.31. The topological polar surface area (TPSA) is 69.6 Å². The number of aryl methyl sites for hydroxylation is 1. The van der Waals surface area contributed by atoms with Gasteiger partial charge in [-0.1, -0.05) is 48.4 Å². The van der Waals surface area contributed by atoms with E-state index in [0.29, 0.717) is 12.8 Å². The van der Waals surface area contributed by atoms with Crippen LogP contribution in [0.15, 0.2) is 35.9 Å². The van der Waals surface area contributed by atoms with E-state index in [2.05, 4.69) is 0 Å². The van der Waals surface area contributed by atoms with Gasteiger partial charge in [0.2, 0.25) is 0 Å². The Hall–Kier alpha value is -1.01. The molecule has 0 saturated carbocycles. The molecule has 1 aliphatic carbocycles. The van der Waals surface area contributed by atoms with Gasteiger partial charge in [-0.15, -0.1) is 0 Å². The lowest BCUT2D eigenvalue weighted by Crippen LogP contribution is -2.41. The molecule has 0 fully saturated rings. The minimum Gasteiger partial charge on any atom is -0.750 e. The number of benzene rings is 1. The summed E-state index contributed by atoms with van der Waals surface area (Å²) in [7, 11) is 0. The molecular formula is C17H23O4S-. The maximum atomic E-state index is 11.1. The zero-order chi connectivity index (χ0) is 16.3. The third kappa shape index (κ3) is 4.04. The summed E-state index contributed by atoms with van der Waals surface area (Å²) in [5, 5.41) is 10.9. The molecule has 1 aromatic rings. The molecule has 4 atom stereocenters. The average Bonchev–Trinajstić information content (AvgIpc) is 2.48. The highest BCUT2D eigenvalue weighted by atomic mass is 32.2. The molecule has 0 amide bonds. The van der Waals surface area contributed by atoms with E-state index in [0.717, 1.165) is 17.5 Å².